The second-order valence-corrected chi connectivity index (χ2v) is 6.37. The molecule has 1 N–H and O–H groups in total. The SMILES string of the molecule is O=c1cc(N2CCC(c3nc(-c4ccccc4Cl)no3)CC2)nc[nH]1. The summed E-state index contributed by atoms with van der Waals surface area (Å²) in [5.74, 6) is 2.04. The number of hydrogen-bond acceptors (Lipinski definition) is 6. The molecule has 7 nitrogen and oxygen atoms in total. The lowest BCUT2D eigenvalue weighted by atomic mass is 9.97. The Morgan fingerprint density at radius 3 is 2.80 bits per heavy atom. The molecule has 4 rings (SSSR count). The Hall–Kier alpha value is -2.67. The highest BCUT2D eigenvalue weighted by Crippen LogP contribution is 2.31. The van der Waals surface area contributed by atoms with Crippen molar-refractivity contribution in [2.75, 3.05) is 18.0 Å². The van der Waals surface area contributed by atoms with Crippen molar-refractivity contribution in [1.82, 2.24) is 20.1 Å². The summed E-state index contributed by atoms with van der Waals surface area (Å²) < 4.78 is 5.46. The van der Waals surface area contributed by atoms with Crippen molar-refractivity contribution in [3.8, 4) is 11.4 Å². The van der Waals surface area contributed by atoms with Crippen LogP contribution in [-0.4, -0.2) is 33.2 Å². The first-order chi connectivity index (χ1) is 12.2. The van der Waals surface area contributed by atoms with Crippen LogP contribution >= 0.6 is 11.6 Å². The molecule has 0 atom stereocenters. The predicted molar refractivity (Wildman–Crippen MR) is 93.8 cm³/mol. The van der Waals surface area contributed by atoms with Gasteiger partial charge in [0.25, 0.3) is 5.56 Å². The van der Waals surface area contributed by atoms with E-state index in [0.29, 0.717) is 22.6 Å². The maximum atomic E-state index is 11.4. The van der Waals surface area contributed by atoms with Crippen LogP contribution in [0.4, 0.5) is 5.82 Å². The van der Waals surface area contributed by atoms with Gasteiger partial charge in [0, 0.05) is 30.6 Å². The summed E-state index contributed by atoms with van der Waals surface area (Å²) in [6.07, 6.45) is 3.15. The van der Waals surface area contributed by atoms with Crippen LogP contribution in [0.25, 0.3) is 11.4 Å². The third-order valence-electron chi connectivity index (χ3n) is 4.39. The molecule has 1 aliphatic heterocycles. The Balaban J connectivity index is 1.47. The number of anilines is 1. The smallest absolute Gasteiger partial charge is 0.252 e. The third kappa shape index (κ3) is 3.28. The van der Waals surface area contributed by atoms with Gasteiger partial charge in [0.2, 0.25) is 11.7 Å². The van der Waals surface area contributed by atoms with Crippen LogP contribution in [0.5, 0.6) is 0 Å². The zero-order valence-corrected chi connectivity index (χ0v) is 14.1. The van der Waals surface area contributed by atoms with E-state index in [1.54, 1.807) is 6.07 Å². The van der Waals surface area contributed by atoms with Crippen molar-refractivity contribution in [3.63, 3.8) is 0 Å². The van der Waals surface area contributed by atoms with Gasteiger partial charge in [0.05, 0.1) is 11.3 Å². The number of rotatable bonds is 3. The second-order valence-electron chi connectivity index (χ2n) is 5.97. The Bertz CT molecular complexity index is 930. The highest BCUT2D eigenvalue weighted by Gasteiger charge is 2.26. The molecule has 128 valence electrons. The summed E-state index contributed by atoms with van der Waals surface area (Å²) >= 11 is 6.19. The summed E-state index contributed by atoms with van der Waals surface area (Å²) in [5.41, 5.74) is 0.623. The van der Waals surface area contributed by atoms with Crippen molar-refractivity contribution in [1.29, 1.82) is 0 Å². The molecular weight excluding hydrogens is 342 g/mol. The van der Waals surface area contributed by atoms with Gasteiger partial charge in [-0.25, -0.2) is 4.98 Å². The average molecular weight is 358 g/mol. The average Bonchev–Trinajstić information content (AvgIpc) is 3.12. The first-order valence-electron chi connectivity index (χ1n) is 8.09. The van der Waals surface area contributed by atoms with Gasteiger partial charge in [0.15, 0.2) is 0 Å². The van der Waals surface area contributed by atoms with E-state index in [0.717, 1.165) is 31.5 Å². The topological polar surface area (TPSA) is 87.9 Å². The lowest BCUT2D eigenvalue weighted by Crippen LogP contribution is -2.34. The molecule has 0 aliphatic carbocycles. The number of aromatic nitrogens is 4. The van der Waals surface area contributed by atoms with Crippen LogP contribution in [0, 0.1) is 0 Å². The molecular formula is C17H16ClN5O2. The molecule has 1 fully saturated rings. The number of benzene rings is 1. The second kappa shape index (κ2) is 6.68. The lowest BCUT2D eigenvalue weighted by molar-refractivity contribution is 0.329. The number of aromatic amines is 1. The van der Waals surface area contributed by atoms with Crippen molar-refractivity contribution < 1.29 is 4.52 Å². The third-order valence-corrected chi connectivity index (χ3v) is 4.72. The minimum absolute atomic E-state index is 0.145. The van der Waals surface area contributed by atoms with Crippen LogP contribution in [0.2, 0.25) is 5.02 Å². The quantitative estimate of drug-likeness (QED) is 0.775. The van der Waals surface area contributed by atoms with Gasteiger partial charge in [0.1, 0.15) is 5.82 Å². The molecule has 8 heteroatoms. The molecule has 0 unspecified atom stereocenters. The largest absolute Gasteiger partial charge is 0.356 e. The van der Waals surface area contributed by atoms with Crippen molar-refractivity contribution >= 4 is 17.4 Å². The molecule has 0 bridgehead atoms. The molecule has 0 saturated carbocycles. The van der Waals surface area contributed by atoms with E-state index in [1.165, 1.54) is 12.4 Å². The van der Waals surface area contributed by atoms with E-state index < -0.39 is 0 Å². The fourth-order valence-electron chi connectivity index (χ4n) is 3.04. The van der Waals surface area contributed by atoms with Gasteiger partial charge >= 0.3 is 0 Å². The number of nitrogens with zero attached hydrogens (tertiary/aromatic N) is 4. The van der Waals surface area contributed by atoms with Crippen LogP contribution in [0.15, 0.2) is 46.0 Å². The Labute approximate surface area is 148 Å². The molecule has 1 saturated heterocycles. The highest BCUT2D eigenvalue weighted by atomic mass is 35.5. The van der Waals surface area contributed by atoms with Gasteiger partial charge in [-0.05, 0) is 25.0 Å². The zero-order chi connectivity index (χ0) is 17.2. The zero-order valence-electron chi connectivity index (χ0n) is 13.4. The van der Waals surface area contributed by atoms with Gasteiger partial charge < -0.3 is 14.4 Å². The van der Waals surface area contributed by atoms with Crippen LogP contribution < -0.4 is 10.5 Å². The summed E-state index contributed by atoms with van der Waals surface area (Å²) in [4.78, 5) is 24.8. The number of piperidine rings is 1. The number of H-pyrrole nitrogens is 1. The Morgan fingerprint density at radius 1 is 1.24 bits per heavy atom. The fourth-order valence-corrected chi connectivity index (χ4v) is 3.26. The number of nitrogens with one attached hydrogen (secondary N) is 1. The first kappa shape index (κ1) is 15.8. The monoisotopic (exact) mass is 357 g/mol. The molecule has 1 aliphatic rings. The normalized spacial score (nSPS) is 15.5. The summed E-state index contributed by atoms with van der Waals surface area (Å²) in [6.45, 7) is 1.57. The van der Waals surface area contributed by atoms with E-state index >= 15 is 0 Å². The summed E-state index contributed by atoms with van der Waals surface area (Å²) in [7, 11) is 0. The minimum atomic E-state index is -0.145. The standard InChI is InChI=1S/C17H16ClN5O2/c18-13-4-2-1-3-12(13)16-21-17(25-22-16)11-5-7-23(8-6-11)14-9-15(24)20-10-19-14/h1-4,9-11H,5-8H2,(H,19,20,24). The number of hydrogen-bond donors (Lipinski definition) is 1. The van der Waals surface area contributed by atoms with Gasteiger partial charge in [-0.1, -0.05) is 28.9 Å². The van der Waals surface area contributed by atoms with E-state index in [9.17, 15) is 4.79 Å². The number of halogens is 1. The highest BCUT2D eigenvalue weighted by molar-refractivity contribution is 6.33. The Kier molecular flexibility index (Phi) is 4.23. The molecule has 3 aromatic rings. The maximum Gasteiger partial charge on any atom is 0.252 e. The molecule has 3 heterocycles. The molecule has 0 amide bonds. The van der Waals surface area contributed by atoms with E-state index in [-0.39, 0.29) is 11.5 Å². The Morgan fingerprint density at radius 2 is 2.04 bits per heavy atom. The van der Waals surface area contributed by atoms with Crippen LogP contribution in [0.1, 0.15) is 24.7 Å². The lowest BCUT2D eigenvalue weighted by Gasteiger charge is -2.30. The van der Waals surface area contributed by atoms with E-state index in [1.807, 2.05) is 18.2 Å². The molecule has 0 spiro atoms. The first-order valence-corrected chi connectivity index (χ1v) is 8.47. The van der Waals surface area contributed by atoms with Crippen LogP contribution in [0.3, 0.4) is 0 Å². The van der Waals surface area contributed by atoms with Gasteiger partial charge in [-0.2, -0.15) is 4.98 Å². The van der Waals surface area contributed by atoms with Crippen molar-refractivity contribution in [3.05, 3.63) is 57.9 Å². The fraction of sp³-hybridized carbons (Fsp3) is 0.294. The molecule has 1 aromatic carbocycles. The minimum Gasteiger partial charge on any atom is -0.356 e. The molecule has 25 heavy (non-hydrogen) atoms. The van der Waals surface area contributed by atoms with Crippen LogP contribution in [-0.2, 0) is 0 Å². The predicted octanol–water partition coefficient (Wildman–Crippen LogP) is 2.86. The maximum absolute atomic E-state index is 11.4. The van der Waals surface area contributed by atoms with Crippen molar-refractivity contribution in [2.24, 2.45) is 0 Å². The van der Waals surface area contributed by atoms with Gasteiger partial charge in [-0.3, -0.25) is 4.79 Å². The van der Waals surface area contributed by atoms with E-state index in [4.69, 9.17) is 16.1 Å². The van der Waals surface area contributed by atoms with E-state index in [2.05, 4.69) is 25.0 Å². The molecule has 2 aromatic heterocycles. The summed E-state index contributed by atoms with van der Waals surface area (Å²) in [5, 5.41) is 4.67. The summed E-state index contributed by atoms with van der Waals surface area (Å²) in [6, 6.07) is 8.95. The molecule has 0 radical (unpaired) electrons. The van der Waals surface area contributed by atoms with Gasteiger partial charge in [-0.15, -0.1) is 0 Å². The van der Waals surface area contributed by atoms with Crippen molar-refractivity contribution in [2.45, 2.75) is 18.8 Å².